The number of ether oxygens (including phenoxy) is 1. The zero-order valence-corrected chi connectivity index (χ0v) is 21.9. The largest absolute Gasteiger partial charge is 0.382 e. The summed E-state index contributed by atoms with van der Waals surface area (Å²) in [5, 5.41) is 0. The van der Waals surface area contributed by atoms with Crippen LogP contribution >= 0.6 is 0 Å². The molecular formula is C28H45N3O2. The summed E-state index contributed by atoms with van der Waals surface area (Å²) in [5.74, 6) is 1.07. The van der Waals surface area contributed by atoms with Gasteiger partial charge in [-0.1, -0.05) is 64.7 Å². The summed E-state index contributed by atoms with van der Waals surface area (Å²) in [5.41, 5.74) is 8.77. The summed E-state index contributed by atoms with van der Waals surface area (Å²) in [6, 6.07) is 6.79. The molecule has 2 N–H and O–H groups in total. The Bertz CT molecular complexity index is 880. The van der Waals surface area contributed by atoms with Crippen LogP contribution in [-0.2, 0) is 27.9 Å². The standard InChI is InChI=1S/C28H45N3O2/c1-8-10-11-21(9-2)16-22-12-13-23-18-27(6,15-14-20(5)33-7)28(24(23)17-22)25(32)31(19(3)4)26(29)30-28/h12-13,17,19-21H,8-11,14-16,18H2,1-7H3,(H2,29,30)/t20-,21?,27-,28?/m1/s1. The molecule has 0 radical (unpaired) electrons. The topological polar surface area (TPSA) is 67.9 Å². The van der Waals surface area contributed by atoms with Gasteiger partial charge in [0.25, 0.3) is 5.91 Å². The Kier molecular flexibility index (Phi) is 7.93. The molecule has 33 heavy (non-hydrogen) atoms. The predicted molar refractivity (Wildman–Crippen MR) is 136 cm³/mol. The fourth-order valence-electron chi connectivity index (χ4n) is 5.92. The third-order valence-corrected chi connectivity index (χ3v) is 8.16. The number of benzene rings is 1. The zero-order valence-electron chi connectivity index (χ0n) is 21.9. The van der Waals surface area contributed by atoms with Crippen LogP contribution in [0, 0.1) is 11.3 Å². The Morgan fingerprint density at radius 3 is 2.52 bits per heavy atom. The average molecular weight is 456 g/mol. The van der Waals surface area contributed by atoms with Gasteiger partial charge in [-0.15, -0.1) is 0 Å². The normalized spacial score (nSPS) is 26.2. The van der Waals surface area contributed by atoms with Crippen molar-refractivity contribution in [2.24, 2.45) is 22.1 Å². The lowest BCUT2D eigenvalue weighted by Crippen LogP contribution is -2.51. The number of hydrogen-bond acceptors (Lipinski definition) is 4. The van der Waals surface area contributed by atoms with E-state index in [1.54, 1.807) is 12.0 Å². The number of hydrogen-bond donors (Lipinski definition) is 1. The van der Waals surface area contributed by atoms with Gasteiger partial charge in [0.2, 0.25) is 0 Å². The lowest BCUT2D eigenvalue weighted by Gasteiger charge is -2.39. The Morgan fingerprint density at radius 2 is 1.94 bits per heavy atom. The number of nitrogens with two attached hydrogens (primary N) is 1. The molecule has 5 nitrogen and oxygen atoms in total. The molecule has 1 aliphatic heterocycles. The van der Waals surface area contributed by atoms with Gasteiger partial charge in [0.15, 0.2) is 11.5 Å². The van der Waals surface area contributed by atoms with Gasteiger partial charge in [-0.25, -0.2) is 4.99 Å². The summed E-state index contributed by atoms with van der Waals surface area (Å²) >= 11 is 0. The highest BCUT2D eigenvalue weighted by molar-refractivity contribution is 6.08. The number of unbranched alkanes of at least 4 members (excludes halogenated alkanes) is 1. The number of methoxy groups -OCH3 is 1. The van der Waals surface area contributed by atoms with Gasteiger partial charge in [0.05, 0.1) is 6.10 Å². The van der Waals surface area contributed by atoms with E-state index in [0.717, 1.165) is 31.2 Å². The van der Waals surface area contributed by atoms with E-state index in [1.807, 2.05) is 13.8 Å². The van der Waals surface area contributed by atoms with Crippen molar-refractivity contribution in [3.8, 4) is 0 Å². The molecule has 3 rings (SSSR count). The van der Waals surface area contributed by atoms with Crippen molar-refractivity contribution in [3.63, 3.8) is 0 Å². The molecule has 1 aromatic rings. The average Bonchev–Trinajstić information content (AvgIpc) is 3.20. The van der Waals surface area contributed by atoms with E-state index in [-0.39, 0.29) is 23.5 Å². The van der Waals surface area contributed by atoms with Gasteiger partial charge in [0, 0.05) is 18.6 Å². The van der Waals surface area contributed by atoms with Gasteiger partial charge in [0.1, 0.15) is 0 Å². The third kappa shape index (κ3) is 4.58. The minimum Gasteiger partial charge on any atom is -0.382 e. The molecule has 1 aromatic carbocycles. The first kappa shape index (κ1) is 25.7. The van der Waals surface area contributed by atoms with Crippen LogP contribution in [0.25, 0.3) is 0 Å². The lowest BCUT2D eigenvalue weighted by molar-refractivity contribution is -0.137. The molecule has 2 aliphatic rings. The van der Waals surface area contributed by atoms with Crippen LogP contribution in [0.2, 0.25) is 0 Å². The van der Waals surface area contributed by atoms with Crippen LogP contribution in [-0.4, -0.2) is 36.0 Å². The fraction of sp³-hybridized carbons (Fsp3) is 0.714. The zero-order chi connectivity index (χ0) is 24.4. The van der Waals surface area contributed by atoms with Crippen molar-refractivity contribution in [2.75, 3.05) is 7.11 Å². The van der Waals surface area contributed by atoms with E-state index in [1.165, 1.54) is 36.8 Å². The molecule has 0 saturated heterocycles. The van der Waals surface area contributed by atoms with Gasteiger partial charge < -0.3 is 10.5 Å². The second kappa shape index (κ2) is 10.2. The maximum atomic E-state index is 14.1. The molecule has 1 amide bonds. The van der Waals surface area contributed by atoms with E-state index >= 15 is 0 Å². The molecule has 5 heteroatoms. The van der Waals surface area contributed by atoms with Crippen LogP contribution in [0.3, 0.4) is 0 Å². The van der Waals surface area contributed by atoms with Crippen molar-refractivity contribution >= 4 is 11.9 Å². The van der Waals surface area contributed by atoms with Gasteiger partial charge in [-0.05, 0) is 69.1 Å². The van der Waals surface area contributed by atoms with Crippen LogP contribution < -0.4 is 5.73 Å². The van der Waals surface area contributed by atoms with Crippen LogP contribution in [0.1, 0.15) is 96.8 Å². The van der Waals surface area contributed by atoms with Gasteiger partial charge in [-0.3, -0.25) is 9.69 Å². The first-order chi connectivity index (χ1) is 15.6. The summed E-state index contributed by atoms with van der Waals surface area (Å²) in [7, 11) is 1.75. The number of amides is 1. The van der Waals surface area contributed by atoms with Gasteiger partial charge in [-0.2, -0.15) is 0 Å². The third-order valence-electron chi connectivity index (χ3n) is 8.16. The van der Waals surface area contributed by atoms with E-state index in [4.69, 9.17) is 15.5 Å². The molecule has 1 heterocycles. The van der Waals surface area contributed by atoms with E-state index in [0.29, 0.717) is 11.9 Å². The summed E-state index contributed by atoms with van der Waals surface area (Å²) in [4.78, 5) is 20.8. The lowest BCUT2D eigenvalue weighted by atomic mass is 9.68. The molecule has 0 aromatic heterocycles. The molecule has 1 aliphatic carbocycles. The highest BCUT2D eigenvalue weighted by Crippen LogP contribution is 2.58. The fourth-order valence-corrected chi connectivity index (χ4v) is 5.92. The number of fused-ring (bicyclic) bond motifs is 2. The monoisotopic (exact) mass is 455 g/mol. The number of carbonyl (C=O) groups excluding carboxylic acids is 1. The van der Waals surface area contributed by atoms with E-state index < -0.39 is 5.54 Å². The SMILES string of the molecule is CCCCC(CC)Cc1ccc2c(c1)C1(N=C(N)N(C(C)C)C1=O)[C@](C)(CC[C@@H](C)OC)C2. The van der Waals surface area contributed by atoms with Crippen molar-refractivity contribution < 1.29 is 9.53 Å². The molecule has 0 bridgehead atoms. The minimum absolute atomic E-state index is 0.0199. The van der Waals surface area contributed by atoms with Crippen molar-refractivity contribution in [3.05, 3.63) is 34.9 Å². The molecule has 0 fully saturated rings. The van der Waals surface area contributed by atoms with Crippen LogP contribution in [0.4, 0.5) is 0 Å². The Balaban J connectivity index is 2.05. The highest BCUT2D eigenvalue weighted by Gasteiger charge is 2.64. The van der Waals surface area contributed by atoms with Crippen LogP contribution in [0.5, 0.6) is 0 Å². The second-order valence-corrected chi connectivity index (χ2v) is 10.9. The molecule has 184 valence electrons. The number of carbonyl (C=O) groups is 1. The summed E-state index contributed by atoms with van der Waals surface area (Å²) in [6.07, 6.45) is 8.71. The predicted octanol–water partition coefficient (Wildman–Crippen LogP) is 5.58. The molecule has 1 spiro atoms. The van der Waals surface area contributed by atoms with Gasteiger partial charge >= 0.3 is 0 Å². The quantitative estimate of drug-likeness (QED) is 0.473. The van der Waals surface area contributed by atoms with Crippen LogP contribution in [0.15, 0.2) is 23.2 Å². The second-order valence-electron chi connectivity index (χ2n) is 10.9. The maximum Gasteiger partial charge on any atom is 0.262 e. The molecular weight excluding hydrogens is 410 g/mol. The number of guanidine groups is 1. The summed E-state index contributed by atoms with van der Waals surface area (Å²) < 4.78 is 5.54. The number of rotatable bonds is 11. The van der Waals surface area contributed by atoms with Crippen molar-refractivity contribution in [2.45, 2.75) is 111 Å². The number of aliphatic imine (C=N–C) groups is 1. The maximum absolute atomic E-state index is 14.1. The Morgan fingerprint density at radius 1 is 1.21 bits per heavy atom. The first-order valence-electron chi connectivity index (χ1n) is 13.0. The number of nitrogens with zero attached hydrogens (tertiary/aromatic N) is 2. The first-order valence-corrected chi connectivity index (χ1v) is 13.0. The minimum atomic E-state index is -0.939. The van der Waals surface area contributed by atoms with Crippen molar-refractivity contribution in [1.82, 2.24) is 4.90 Å². The smallest absolute Gasteiger partial charge is 0.262 e. The molecule has 2 unspecified atom stereocenters. The van der Waals surface area contributed by atoms with E-state index in [9.17, 15) is 4.79 Å². The highest BCUT2D eigenvalue weighted by atomic mass is 16.5. The van der Waals surface area contributed by atoms with E-state index in [2.05, 4.69) is 45.9 Å². The molecule has 4 atom stereocenters. The van der Waals surface area contributed by atoms with Crippen molar-refractivity contribution in [1.29, 1.82) is 0 Å². The Labute approximate surface area is 201 Å². The summed E-state index contributed by atoms with van der Waals surface area (Å²) in [6.45, 7) is 12.9. The Hall–Kier alpha value is -1.88. The molecule has 0 saturated carbocycles.